The number of aromatic nitrogens is 2. The molecule has 1 aromatic heterocycles. The van der Waals surface area contributed by atoms with E-state index in [1.807, 2.05) is 0 Å². The first-order valence-corrected chi connectivity index (χ1v) is 6.51. The predicted octanol–water partition coefficient (Wildman–Crippen LogP) is 2.62. The Kier molecular flexibility index (Phi) is 3.08. The number of hydrogen-bond donors (Lipinski definition) is 2. The molecule has 3 rings (SSSR count). The van der Waals surface area contributed by atoms with E-state index in [-0.39, 0.29) is 11.9 Å². The first-order valence-electron chi connectivity index (χ1n) is 6.51. The topological polar surface area (TPSA) is 49.8 Å². The summed E-state index contributed by atoms with van der Waals surface area (Å²) < 4.78 is 39.7. The second-order valence-corrected chi connectivity index (χ2v) is 5.00. The van der Waals surface area contributed by atoms with Crippen LogP contribution >= 0.6 is 0 Å². The van der Waals surface area contributed by atoms with Crippen molar-refractivity contribution in [2.24, 2.45) is 0 Å². The van der Waals surface area contributed by atoms with Gasteiger partial charge in [-0.05, 0) is 44.0 Å². The Morgan fingerprint density at radius 1 is 1.25 bits per heavy atom. The molecule has 1 aliphatic rings. The fraction of sp³-hybridized carbons (Fsp3) is 0.462. The number of aromatic amines is 1. The van der Waals surface area contributed by atoms with E-state index in [9.17, 15) is 18.0 Å². The minimum Gasteiger partial charge on any atom is -0.305 e. The lowest BCUT2D eigenvalue weighted by atomic mass is 10.1. The van der Waals surface area contributed by atoms with E-state index in [0.717, 1.165) is 37.9 Å². The normalized spacial score (nSPS) is 20.4. The highest BCUT2D eigenvalue weighted by Gasteiger charge is 2.31. The van der Waals surface area contributed by atoms with E-state index in [1.165, 1.54) is 10.6 Å². The van der Waals surface area contributed by atoms with Gasteiger partial charge in [0.25, 0.3) is 0 Å². The summed E-state index contributed by atoms with van der Waals surface area (Å²) in [4.78, 5) is 14.6. The molecule has 1 atom stereocenters. The average Bonchev–Trinajstić information content (AvgIpc) is 2.73. The largest absolute Gasteiger partial charge is 0.416 e. The fourth-order valence-electron chi connectivity index (χ4n) is 2.66. The summed E-state index contributed by atoms with van der Waals surface area (Å²) in [6, 6.07) is 3.32. The van der Waals surface area contributed by atoms with Gasteiger partial charge < -0.3 is 4.98 Å². The third kappa shape index (κ3) is 2.22. The van der Waals surface area contributed by atoms with Gasteiger partial charge in [0.2, 0.25) is 0 Å². The summed E-state index contributed by atoms with van der Waals surface area (Å²) in [6.07, 6.45) is -1.94. The molecule has 108 valence electrons. The number of hydrogen-bond acceptors (Lipinski definition) is 2. The van der Waals surface area contributed by atoms with Crippen LogP contribution in [0.4, 0.5) is 13.2 Å². The summed E-state index contributed by atoms with van der Waals surface area (Å²) in [6.45, 7) is 0.767. The Morgan fingerprint density at radius 3 is 2.70 bits per heavy atom. The molecule has 2 aromatic rings. The van der Waals surface area contributed by atoms with Crippen molar-refractivity contribution in [2.75, 3.05) is 6.54 Å². The summed E-state index contributed by atoms with van der Waals surface area (Å²) in [5.74, 6) is 0. The quantitative estimate of drug-likeness (QED) is 0.846. The summed E-state index contributed by atoms with van der Waals surface area (Å²) in [5.41, 5.74) is -0.396. The Labute approximate surface area is 112 Å². The predicted molar refractivity (Wildman–Crippen MR) is 68.5 cm³/mol. The SMILES string of the molecule is O=c1[nH]c2ccc(C(F)(F)F)cc2n1C1CCCCN1. The maximum atomic E-state index is 12.8. The number of H-pyrrole nitrogens is 1. The van der Waals surface area contributed by atoms with Crippen LogP contribution in [0, 0.1) is 0 Å². The maximum Gasteiger partial charge on any atom is 0.416 e. The van der Waals surface area contributed by atoms with Crippen molar-refractivity contribution in [3.8, 4) is 0 Å². The minimum atomic E-state index is -4.41. The van der Waals surface area contributed by atoms with Crippen molar-refractivity contribution in [3.05, 3.63) is 34.2 Å². The van der Waals surface area contributed by atoms with Crippen molar-refractivity contribution < 1.29 is 13.2 Å². The standard InChI is InChI=1S/C13H14F3N3O/c14-13(15,16)8-4-5-9-10(7-8)19(12(20)18-9)11-3-1-2-6-17-11/h4-5,7,11,17H,1-3,6H2,(H,18,20). The van der Waals surface area contributed by atoms with Gasteiger partial charge in [0.05, 0.1) is 22.8 Å². The van der Waals surface area contributed by atoms with E-state index < -0.39 is 11.7 Å². The number of piperidine rings is 1. The zero-order chi connectivity index (χ0) is 14.3. The zero-order valence-electron chi connectivity index (χ0n) is 10.6. The molecule has 1 aromatic carbocycles. The number of rotatable bonds is 1. The van der Waals surface area contributed by atoms with Gasteiger partial charge in [0, 0.05) is 0 Å². The van der Waals surface area contributed by atoms with Crippen LogP contribution in [0.25, 0.3) is 11.0 Å². The number of benzene rings is 1. The van der Waals surface area contributed by atoms with Crippen molar-refractivity contribution in [2.45, 2.75) is 31.6 Å². The monoisotopic (exact) mass is 285 g/mol. The van der Waals surface area contributed by atoms with Gasteiger partial charge in [0.15, 0.2) is 0 Å². The van der Waals surface area contributed by atoms with Crippen LogP contribution in [-0.2, 0) is 6.18 Å². The van der Waals surface area contributed by atoms with Crippen molar-refractivity contribution in [1.29, 1.82) is 0 Å². The molecular weight excluding hydrogens is 271 g/mol. The van der Waals surface area contributed by atoms with Crippen LogP contribution in [0.15, 0.2) is 23.0 Å². The van der Waals surface area contributed by atoms with Gasteiger partial charge in [0.1, 0.15) is 0 Å². The molecule has 0 saturated carbocycles. The van der Waals surface area contributed by atoms with Gasteiger partial charge in [-0.2, -0.15) is 13.2 Å². The van der Waals surface area contributed by atoms with Crippen molar-refractivity contribution in [1.82, 2.24) is 14.9 Å². The lowest BCUT2D eigenvalue weighted by Gasteiger charge is -2.24. The Morgan fingerprint density at radius 2 is 2.05 bits per heavy atom. The van der Waals surface area contributed by atoms with E-state index in [0.29, 0.717) is 11.0 Å². The van der Waals surface area contributed by atoms with Crippen LogP contribution < -0.4 is 11.0 Å². The molecule has 1 saturated heterocycles. The minimum absolute atomic E-state index is 0.242. The van der Waals surface area contributed by atoms with Crippen LogP contribution in [-0.4, -0.2) is 16.1 Å². The smallest absolute Gasteiger partial charge is 0.305 e. The number of nitrogens with zero attached hydrogens (tertiary/aromatic N) is 1. The van der Waals surface area contributed by atoms with Crippen LogP contribution in [0.2, 0.25) is 0 Å². The number of alkyl halides is 3. The molecule has 0 spiro atoms. The number of halogens is 3. The summed E-state index contributed by atoms with van der Waals surface area (Å²) >= 11 is 0. The Bertz CT molecular complexity index is 680. The molecule has 2 heterocycles. The van der Waals surface area contributed by atoms with Gasteiger partial charge >= 0.3 is 11.9 Å². The number of nitrogens with one attached hydrogen (secondary N) is 2. The average molecular weight is 285 g/mol. The van der Waals surface area contributed by atoms with Crippen LogP contribution in [0.1, 0.15) is 31.0 Å². The zero-order valence-corrected chi connectivity index (χ0v) is 10.6. The van der Waals surface area contributed by atoms with Crippen molar-refractivity contribution >= 4 is 11.0 Å². The highest BCUT2D eigenvalue weighted by Crippen LogP contribution is 2.31. The highest BCUT2D eigenvalue weighted by atomic mass is 19.4. The summed E-state index contributed by atoms with van der Waals surface area (Å²) in [5, 5.41) is 3.17. The fourth-order valence-corrected chi connectivity index (χ4v) is 2.66. The molecule has 7 heteroatoms. The Hall–Kier alpha value is -1.76. The molecule has 4 nitrogen and oxygen atoms in total. The van der Waals surface area contributed by atoms with E-state index in [2.05, 4.69) is 10.3 Å². The lowest BCUT2D eigenvalue weighted by molar-refractivity contribution is -0.137. The molecule has 1 unspecified atom stereocenters. The lowest BCUT2D eigenvalue weighted by Crippen LogP contribution is -2.36. The molecule has 0 amide bonds. The second-order valence-electron chi connectivity index (χ2n) is 5.00. The molecule has 0 radical (unpaired) electrons. The first-order chi connectivity index (χ1) is 9.47. The highest BCUT2D eigenvalue weighted by molar-refractivity contribution is 5.76. The van der Waals surface area contributed by atoms with Crippen LogP contribution in [0.5, 0.6) is 0 Å². The third-order valence-electron chi connectivity index (χ3n) is 3.64. The van der Waals surface area contributed by atoms with Crippen molar-refractivity contribution in [3.63, 3.8) is 0 Å². The Balaban J connectivity index is 2.15. The molecule has 2 N–H and O–H groups in total. The summed E-state index contributed by atoms with van der Waals surface area (Å²) in [7, 11) is 0. The maximum absolute atomic E-state index is 12.8. The van der Waals surface area contributed by atoms with E-state index >= 15 is 0 Å². The van der Waals surface area contributed by atoms with Gasteiger partial charge in [-0.25, -0.2) is 4.79 Å². The van der Waals surface area contributed by atoms with Crippen LogP contribution in [0.3, 0.4) is 0 Å². The molecule has 1 fully saturated rings. The third-order valence-corrected chi connectivity index (χ3v) is 3.64. The molecule has 1 aliphatic heterocycles. The molecule has 20 heavy (non-hydrogen) atoms. The van der Waals surface area contributed by atoms with Gasteiger partial charge in [-0.1, -0.05) is 0 Å². The molecule has 0 bridgehead atoms. The number of imidazole rings is 1. The van der Waals surface area contributed by atoms with E-state index in [1.54, 1.807) is 0 Å². The van der Waals surface area contributed by atoms with E-state index in [4.69, 9.17) is 0 Å². The second kappa shape index (κ2) is 4.66. The number of fused-ring (bicyclic) bond motifs is 1. The first kappa shape index (κ1) is 13.2. The molecular formula is C13H14F3N3O. The van der Waals surface area contributed by atoms with Gasteiger partial charge in [-0.15, -0.1) is 0 Å². The molecule has 0 aliphatic carbocycles. The van der Waals surface area contributed by atoms with Gasteiger partial charge in [-0.3, -0.25) is 9.88 Å².